The predicted octanol–water partition coefficient (Wildman–Crippen LogP) is 6.39. The second-order valence-electron chi connectivity index (χ2n) is 17.5. The van der Waals surface area contributed by atoms with Crippen LogP contribution in [0.15, 0.2) is 28.4 Å². The van der Waals surface area contributed by atoms with Crippen LogP contribution in [-0.2, 0) is 47.7 Å². The van der Waals surface area contributed by atoms with Crippen molar-refractivity contribution in [2.24, 2.45) is 34.7 Å². The Hall–Kier alpha value is -3.46. The van der Waals surface area contributed by atoms with E-state index in [1.165, 1.54) is 12.0 Å². The van der Waals surface area contributed by atoms with Crippen LogP contribution in [-0.4, -0.2) is 115 Å². The van der Waals surface area contributed by atoms with Crippen molar-refractivity contribution in [1.82, 2.24) is 4.90 Å². The van der Waals surface area contributed by atoms with Gasteiger partial charge < -0.3 is 38.5 Å². The van der Waals surface area contributed by atoms with Crippen LogP contribution in [0.4, 0.5) is 0 Å². The fraction of sp³-hybridized carbons (Fsp3) is 0.795. The highest BCUT2D eigenvalue weighted by Gasteiger charge is 2.56. The number of aldehydes is 1. The van der Waals surface area contributed by atoms with E-state index in [4.69, 9.17) is 29.2 Å². The van der Waals surface area contributed by atoms with Gasteiger partial charge in [0.2, 0.25) is 5.79 Å². The van der Waals surface area contributed by atoms with Gasteiger partial charge in [-0.25, -0.2) is 4.79 Å². The van der Waals surface area contributed by atoms with E-state index in [1.54, 1.807) is 14.0 Å². The Kier molecular flexibility index (Phi) is 18.3. The smallest absolute Gasteiger partial charge is 0.329 e. The van der Waals surface area contributed by atoms with Crippen molar-refractivity contribution < 1.29 is 52.8 Å². The number of azide groups is 1. The Morgan fingerprint density at radius 1 is 1.03 bits per heavy atom. The van der Waals surface area contributed by atoms with Crippen LogP contribution in [0.3, 0.4) is 0 Å². The van der Waals surface area contributed by atoms with Gasteiger partial charge in [-0.05, 0) is 113 Å². The number of esters is 1. The molecule has 0 radical (unpaired) electrons. The quantitative estimate of drug-likeness (QED) is 0.0513. The Morgan fingerprint density at radius 3 is 2.41 bits per heavy atom. The number of carbonyl (C=O) groups excluding carboxylic acids is 5. The number of methoxy groups -OCH3 is 2. The number of piperidine rings is 1. The molecule has 4 rings (SSSR count). The molecular formula is C44H68N4O11. The van der Waals surface area contributed by atoms with Gasteiger partial charge in [-0.15, -0.1) is 0 Å². The zero-order valence-electron chi connectivity index (χ0n) is 36.4. The Bertz CT molecular complexity index is 1600. The summed E-state index contributed by atoms with van der Waals surface area (Å²) in [7, 11) is 3.08. The third-order valence-corrected chi connectivity index (χ3v) is 13.0. The van der Waals surface area contributed by atoms with Crippen LogP contribution in [0.5, 0.6) is 0 Å². The Labute approximate surface area is 349 Å². The first kappa shape index (κ1) is 48.2. The predicted molar refractivity (Wildman–Crippen MR) is 219 cm³/mol. The van der Waals surface area contributed by atoms with Gasteiger partial charge in [0.15, 0.2) is 0 Å². The number of amides is 1. The third kappa shape index (κ3) is 12.1. The van der Waals surface area contributed by atoms with E-state index in [-0.39, 0.29) is 61.9 Å². The number of rotatable bonds is 9. The average molecular weight is 829 g/mol. The summed E-state index contributed by atoms with van der Waals surface area (Å²) >= 11 is 0. The van der Waals surface area contributed by atoms with Crippen LogP contribution in [0.1, 0.15) is 119 Å². The minimum Gasteiger partial charge on any atom is -0.456 e. The number of carbonyl (C=O) groups is 5. The van der Waals surface area contributed by atoms with Gasteiger partial charge in [-0.2, -0.15) is 0 Å². The third-order valence-electron chi connectivity index (χ3n) is 13.0. The molecule has 0 spiro atoms. The second-order valence-corrected chi connectivity index (χ2v) is 17.5. The lowest BCUT2D eigenvalue weighted by Crippen LogP contribution is -2.64. The minimum absolute atomic E-state index is 0.0442. The topological polar surface area (TPSA) is 204 Å². The van der Waals surface area contributed by atoms with Gasteiger partial charge in [-0.3, -0.25) is 14.4 Å². The maximum absolute atomic E-state index is 14.3. The van der Waals surface area contributed by atoms with Crippen molar-refractivity contribution in [3.05, 3.63) is 33.7 Å². The van der Waals surface area contributed by atoms with Crippen molar-refractivity contribution in [3.63, 3.8) is 0 Å². The molecule has 0 aromatic rings. The first-order valence-corrected chi connectivity index (χ1v) is 21.6. The van der Waals surface area contributed by atoms with Gasteiger partial charge in [0, 0.05) is 43.9 Å². The van der Waals surface area contributed by atoms with Crippen molar-refractivity contribution in [2.75, 3.05) is 27.4 Å². The molecule has 0 aromatic carbocycles. The number of fused-ring (bicyclic) bond motifs is 3. The fourth-order valence-electron chi connectivity index (χ4n) is 9.68. The van der Waals surface area contributed by atoms with Gasteiger partial charge in [-0.1, -0.05) is 50.5 Å². The van der Waals surface area contributed by atoms with Crippen LogP contribution in [0.25, 0.3) is 10.4 Å². The molecule has 0 aromatic heterocycles. The highest BCUT2D eigenvalue weighted by molar-refractivity contribution is 6.39. The summed E-state index contributed by atoms with van der Waals surface area (Å²) in [6.07, 6.45) is 7.34. The van der Waals surface area contributed by atoms with Crippen LogP contribution in [0, 0.1) is 29.6 Å². The SMILES string of the molecule is CCC1C=C(C)CC(C)CC(OC)C2OC(O)(C(=O)C(=O)N3CCCCC3C(=O)OC(C(C)=CC3CCC(N=[N+]=[N-])C(OCC=O)C3)C(C)CCC1=O)C(C)CC2OC. The molecule has 3 aliphatic heterocycles. The molecule has 59 heavy (non-hydrogen) atoms. The van der Waals surface area contributed by atoms with Crippen LogP contribution in [0.2, 0.25) is 0 Å². The summed E-state index contributed by atoms with van der Waals surface area (Å²) in [4.78, 5) is 72.0. The number of aliphatic hydroxyl groups is 1. The molecule has 1 aliphatic carbocycles. The molecule has 2 saturated heterocycles. The van der Waals surface area contributed by atoms with E-state index >= 15 is 0 Å². The lowest BCUT2D eigenvalue weighted by Gasteiger charge is -2.47. The number of Topliss-reactive ketones (excluding diaryl/α,β-unsaturated/α-hetero) is 2. The van der Waals surface area contributed by atoms with Crippen molar-refractivity contribution in [1.29, 1.82) is 0 Å². The highest BCUT2D eigenvalue weighted by Crippen LogP contribution is 2.39. The van der Waals surface area contributed by atoms with E-state index < -0.39 is 72.0 Å². The van der Waals surface area contributed by atoms with Gasteiger partial charge >= 0.3 is 5.97 Å². The van der Waals surface area contributed by atoms with Crippen molar-refractivity contribution in [3.8, 4) is 0 Å². The van der Waals surface area contributed by atoms with Crippen LogP contribution < -0.4 is 0 Å². The second kappa shape index (κ2) is 22.4. The van der Waals surface area contributed by atoms with E-state index in [0.29, 0.717) is 64.1 Å². The zero-order chi connectivity index (χ0) is 43.4. The number of ether oxygens (including phenoxy) is 5. The molecule has 15 nitrogen and oxygen atoms in total. The number of ketones is 2. The first-order chi connectivity index (χ1) is 28.1. The largest absolute Gasteiger partial charge is 0.456 e. The molecule has 1 amide bonds. The standard InChI is InChI=1S/C44H68N4O11/c1-9-32-21-26(2)20-27(3)22-37(55-7)40-38(56-8)24-30(6)44(54,59-40)41(51)42(52)48-17-11-10-12-34(48)43(53)58-39(28(4)13-16-35(32)50)29(5)23-31-14-15-33(46-47-45)36(25-31)57-19-18-49/h18,21,23,27-28,30-34,36-40,54H,9-17,19-20,22,24-25H2,1-8H3. The lowest BCUT2D eigenvalue weighted by molar-refractivity contribution is -0.302. The van der Waals surface area contributed by atoms with E-state index in [1.807, 2.05) is 39.8 Å². The minimum atomic E-state index is -2.49. The zero-order valence-corrected chi connectivity index (χ0v) is 36.4. The summed E-state index contributed by atoms with van der Waals surface area (Å²) in [6, 6.07) is -1.51. The number of allylic oxidation sites excluding steroid dienone is 3. The lowest BCUT2D eigenvalue weighted by atomic mass is 9.81. The maximum atomic E-state index is 14.3. The molecule has 330 valence electrons. The molecule has 3 fully saturated rings. The summed E-state index contributed by atoms with van der Waals surface area (Å²) in [5, 5.41) is 15.9. The highest BCUT2D eigenvalue weighted by atomic mass is 16.7. The molecule has 1 N–H and O–H groups in total. The number of hydrogen-bond donors (Lipinski definition) is 1. The van der Waals surface area contributed by atoms with Crippen molar-refractivity contribution >= 4 is 29.7 Å². The molecular weight excluding hydrogens is 761 g/mol. The molecule has 13 atom stereocenters. The van der Waals surface area contributed by atoms with Crippen molar-refractivity contribution in [2.45, 2.75) is 167 Å². The summed E-state index contributed by atoms with van der Waals surface area (Å²) in [5.74, 6) is -6.63. The molecule has 1 saturated carbocycles. The van der Waals surface area contributed by atoms with Gasteiger partial charge in [0.05, 0.1) is 24.4 Å². The molecule has 13 unspecified atom stereocenters. The molecule has 2 bridgehead atoms. The Morgan fingerprint density at radius 2 is 1.75 bits per heavy atom. The maximum Gasteiger partial charge on any atom is 0.329 e. The van der Waals surface area contributed by atoms with Crippen LogP contribution >= 0.6 is 0 Å². The average Bonchev–Trinajstić information content (AvgIpc) is 3.22. The van der Waals surface area contributed by atoms with E-state index in [0.717, 1.165) is 11.1 Å². The number of nitrogens with zero attached hydrogens (tertiary/aromatic N) is 4. The van der Waals surface area contributed by atoms with E-state index in [9.17, 15) is 29.1 Å². The van der Waals surface area contributed by atoms with E-state index in [2.05, 4.69) is 16.9 Å². The Balaban J connectivity index is 1.73. The molecule has 15 heteroatoms. The monoisotopic (exact) mass is 828 g/mol. The summed E-state index contributed by atoms with van der Waals surface area (Å²) in [5.41, 5.74) is 10.9. The summed E-state index contributed by atoms with van der Waals surface area (Å²) < 4.78 is 30.1. The first-order valence-electron chi connectivity index (χ1n) is 21.6. The number of cyclic esters (lactones) is 1. The fourth-order valence-corrected chi connectivity index (χ4v) is 9.68. The van der Waals surface area contributed by atoms with Gasteiger partial charge in [0.1, 0.15) is 36.9 Å². The molecule has 3 heterocycles. The van der Waals surface area contributed by atoms with Gasteiger partial charge in [0.25, 0.3) is 11.7 Å². The normalized spacial score (nSPS) is 37.6. The summed E-state index contributed by atoms with van der Waals surface area (Å²) in [6.45, 7) is 11.5. The molecule has 4 aliphatic rings. The number of hydrogen-bond acceptors (Lipinski definition) is 12.